The van der Waals surface area contributed by atoms with E-state index in [1.807, 2.05) is 0 Å². The lowest BCUT2D eigenvalue weighted by Gasteiger charge is -2.42. The lowest BCUT2D eigenvalue weighted by atomic mass is 9.83. The van der Waals surface area contributed by atoms with E-state index < -0.39 is 73.5 Å². The first-order valence-electron chi connectivity index (χ1n) is 8.38. The van der Waals surface area contributed by atoms with Crippen LogP contribution in [0.2, 0.25) is 0 Å². The fourth-order valence-corrected chi connectivity index (χ4v) is 3.49. The predicted octanol–water partition coefficient (Wildman–Crippen LogP) is 5.50. The maximum absolute atomic E-state index is 14.9. The highest BCUT2D eigenvalue weighted by Gasteiger charge is 2.89. The largest absolute Gasteiger partial charge is 0.423 e. The second-order valence-corrected chi connectivity index (χ2v) is 7.08. The van der Waals surface area contributed by atoms with Gasteiger partial charge in [-0.15, -0.1) is 0 Å². The molecule has 0 amide bonds. The van der Waals surface area contributed by atoms with Crippen LogP contribution in [0.1, 0.15) is 40.5 Å². The normalized spacial score (nSPS) is 32.9. The molecule has 2 nitrogen and oxygen atoms in total. The Hall–Kier alpha value is -0.710. The Balaban J connectivity index is 3.41. The summed E-state index contributed by atoms with van der Waals surface area (Å²) in [5, 5.41) is 0. The lowest BCUT2D eigenvalue weighted by Crippen LogP contribution is -2.67. The summed E-state index contributed by atoms with van der Waals surface area (Å²) in [4.78, 5) is 0. The quantitative estimate of drug-likeness (QED) is 0.485. The molecule has 0 N–H and O–H groups in total. The Morgan fingerprint density at radius 3 is 1.89 bits per heavy atom. The van der Waals surface area contributed by atoms with Crippen LogP contribution in [0, 0.1) is 5.92 Å². The van der Waals surface area contributed by atoms with Gasteiger partial charge in [0, 0.05) is 12.8 Å². The first-order chi connectivity index (χ1) is 12.0. The van der Waals surface area contributed by atoms with Gasteiger partial charge < -0.3 is 9.47 Å². The van der Waals surface area contributed by atoms with Crippen molar-refractivity contribution in [3.63, 3.8) is 0 Å². The van der Waals surface area contributed by atoms with Gasteiger partial charge in [0.1, 0.15) is 12.8 Å². The van der Waals surface area contributed by atoms with Crippen molar-refractivity contribution in [1.29, 1.82) is 0 Å². The summed E-state index contributed by atoms with van der Waals surface area (Å²) in [5.74, 6) is -12.7. The van der Waals surface area contributed by atoms with E-state index in [-0.39, 0.29) is 6.92 Å². The standard InChI is InChI=1S/C16H23F9O2/c1-5-10-6-13(16(23,24)25,26-8-11(7-17)27-9(2)3)15(21,22)14(10,20)12(4,18)19/h9-11H,5-8H2,1-4H3. The highest BCUT2D eigenvalue weighted by molar-refractivity contribution is 5.24. The van der Waals surface area contributed by atoms with Crippen molar-refractivity contribution in [3.05, 3.63) is 0 Å². The van der Waals surface area contributed by atoms with Gasteiger partial charge in [-0.3, -0.25) is 0 Å². The second kappa shape index (κ2) is 7.61. The van der Waals surface area contributed by atoms with Crippen LogP contribution in [0.15, 0.2) is 0 Å². The van der Waals surface area contributed by atoms with E-state index in [0.717, 1.165) is 6.92 Å². The zero-order valence-electron chi connectivity index (χ0n) is 15.3. The molecule has 162 valence electrons. The summed E-state index contributed by atoms with van der Waals surface area (Å²) in [6.07, 6.45) is -10.6. The van der Waals surface area contributed by atoms with Gasteiger partial charge in [0.2, 0.25) is 11.3 Å². The van der Waals surface area contributed by atoms with E-state index in [1.165, 1.54) is 13.8 Å². The molecule has 0 radical (unpaired) electrons. The third-order valence-corrected chi connectivity index (χ3v) is 4.80. The molecule has 0 aromatic carbocycles. The first kappa shape index (κ1) is 24.3. The summed E-state index contributed by atoms with van der Waals surface area (Å²) < 4.78 is 135. The van der Waals surface area contributed by atoms with Crippen LogP contribution in [0.5, 0.6) is 0 Å². The molecular formula is C16H23F9O2. The van der Waals surface area contributed by atoms with Crippen LogP contribution in [-0.4, -0.2) is 54.8 Å². The second-order valence-electron chi connectivity index (χ2n) is 7.08. The molecule has 1 aliphatic rings. The number of hydrogen-bond acceptors (Lipinski definition) is 2. The van der Waals surface area contributed by atoms with Gasteiger partial charge in [0.05, 0.1) is 12.7 Å². The first-order valence-corrected chi connectivity index (χ1v) is 8.38. The van der Waals surface area contributed by atoms with Crippen molar-refractivity contribution >= 4 is 0 Å². The molecule has 1 fully saturated rings. The van der Waals surface area contributed by atoms with Gasteiger partial charge in [-0.2, -0.15) is 22.0 Å². The van der Waals surface area contributed by atoms with E-state index in [9.17, 15) is 39.5 Å². The van der Waals surface area contributed by atoms with Gasteiger partial charge in [0.15, 0.2) is 0 Å². The summed E-state index contributed by atoms with van der Waals surface area (Å²) in [5.41, 5.74) is -9.31. The van der Waals surface area contributed by atoms with Gasteiger partial charge in [-0.1, -0.05) is 6.92 Å². The molecule has 0 heterocycles. The van der Waals surface area contributed by atoms with Crippen molar-refractivity contribution in [1.82, 2.24) is 0 Å². The molecule has 1 saturated carbocycles. The number of ether oxygens (including phenoxy) is 2. The Bertz CT molecular complexity index is 503. The lowest BCUT2D eigenvalue weighted by molar-refractivity contribution is -0.369. The minimum Gasteiger partial charge on any atom is -0.370 e. The average Bonchev–Trinajstić information content (AvgIpc) is 2.68. The Morgan fingerprint density at radius 2 is 1.59 bits per heavy atom. The van der Waals surface area contributed by atoms with E-state index in [2.05, 4.69) is 4.74 Å². The number of halogens is 9. The van der Waals surface area contributed by atoms with Crippen LogP contribution < -0.4 is 0 Å². The predicted molar refractivity (Wildman–Crippen MR) is 78.5 cm³/mol. The third kappa shape index (κ3) is 3.77. The van der Waals surface area contributed by atoms with Crippen LogP contribution in [0.3, 0.4) is 0 Å². The van der Waals surface area contributed by atoms with Gasteiger partial charge >= 0.3 is 12.1 Å². The molecule has 0 aromatic heterocycles. The molecule has 0 bridgehead atoms. The SMILES string of the molecule is CCC1CC(OCC(CF)OC(C)C)(C(F)(F)F)C(F)(F)C1(F)C(C)(F)F. The van der Waals surface area contributed by atoms with Gasteiger partial charge in [-0.05, 0) is 26.7 Å². The maximum Gasteiger partial charge on any atom is 0.423 e. The van der Waals surface area contributed by atoms with Gasteiger partial charge in [-0.25, -0.2) is 17.6 Å². The molecular weight excluding hydrogens is 395 g/mol. The monoisotopic (exact) mass is 418 g/mol. The molecule has 11 heteroatoms. The maximum atomic E-state index is 14.9. The summed E-state index contributed by atoms with van der Waals surface area (Å²) in [6, 6.07) is 0. The molecule has 4 atom stereocenters. The molecule has 1 rings (SSSR count). The molecule has 0 saturated heterocycles. The number of alkyl halides is 9. The average molecular weight is 418 g/mol. The van der Waals surface area contributed by atoms with Crippen LogP contribution in [0.25, 0.3) is 0 Å². The van der Waals surface area contributed by atoms with E-state index in [1.54, 1.807) is 0 Å². The number of hydrogen-bond donors (Lipinski definition) is 0. The minimum atomic E-state index is -5.89. The smallest absolute Gasteiger partial charge is 0.370 e. The Morgan fingerprint density at radius 1 is 1.07 bits per heavy atom. The van der Waals surface area contributed by atoms with Crippen LogP contribution in [0.4, 0.5) is 39.5 Å². The van der Waals surface area contributed by atoms with Crippen molar-refractivity contribution in [3.8, 4) is 0 Å². The van der Waals surface area contributed by atoms with E-state index in [0.29, 0.717) is 0 Å². The Labute approximate surface area is 151 Å². The Kier molecular flexibility index (Phi) is 6.85. The molecule has 4 unspecified atom stereocenters. The highest BCUT2D eigenvalue weighted by atomic mass is 19.4. The molecule has 1 aliphatic carbocycles. The molecule has 0 spiro atoms. The van der Waals surface area contributed by atoms with E-state index >= 15 is 0 Å². The summed E-state index contributed by atoms with van der Waals surface area (Å²) >= 11 is 0. The zero-order valence-corrected chi connectivity index (χ0v) is 15.3. The van der Waals surface area contributed by atoms with Gasteiger partial charge in [0.25, 0.3) is 5.92 Å². The molecule has 27 heavy (non-hydrogen) atoms. The van der Waals surface area contributed by atoms with Crippen molar-refractivity contribution in [2.45, 2.75) is 82.0 Å². The van der Waals surface area contributed by atoms with Crippen LogP contribution in [-0.2, 0) is 9.47 Å². The third-order valence-electron chi connectivity index (χ3n) is 4.80. The van der Waals surface area contributed by atoms with Crippen molar-refractivity contribution < 1.29 is 49.0 Å². The topological polar surface area (TPSA) is 18.5 Å². The molecule has 0 aliphatic heterocycles. The van der Waals surface area contributed by atoms with E-state index in [4.69, 9.17) is 4.74 Å². The zero-order chi connectivity index (χ0) is 21.5. The fourth-order valence-electron chi connectivity index (χ4n) is 3.49. The van der Waals surface area contributed by atoms with Crippen LogP contribution >= 0.6 is 0 Å². The van der Waals surface area contributed by atoms with Crippen molar-refractivity contribution in [2.24, 2.45) is 5.92 Å². The summed E-state index contributed by atoms with van der Waals surface area (Å²) in [7, 11) is 0. The van der Waals surface area contributed by atoms with Crippen molar-refractivity contribution in [2.75, 3.05) is 13.3 Å². The highest BCUT2D eigenvalue weighted by Crippen LogP contribution is 2.67. The molecule has 0 aromatic rings. The number of rotatable bonds is 8. The fraction of sp³-hybridized carbons (Fsp3) is 1.00. The minimum absolute atomic E-state index is 0.192. The summed E-state index contributed by atoms with van der Waals surface area (Å²) in [6.45, 7) is 1.01.